The Labute approximate surface area is 118 Å². The Kier molecular flexibility index (Phi) is 5.35. The van der Waals surface area contributed by atoms with Crippen molar-refractivity contribution in [2.45, 2.75) is 25.3 Å². The quantitative estimate of drug-likeness (QED) is 0.840. The van der Waals surface area contributed by atoms with Gasteiger partial charge in [0.1, 0.15) is 5.82 Å². The minimum Gasteiger partial charge on any atom is -0.383 e. The zero-order valence-electron chi connectivity index (χ0n) is 11.8. The fourth-order valence-corrected chi connectivity index (χ4v) is 2.57. The van der Waals surface area contributed by atoms with Gasteiger partial charge >= 0.3 is 6.03 Å². The highest BCUT2D eigenvalue weighted by Gasteiger charge is 2.28. The number of carbonyl (C=O) groups excluding carboxylic acids is 1. The first kappa shape index (κ1) is 14.8. The normalized spacial score (nSPS) is 18.3. The molecule has 2 rings (SSSR count). The van der Waals surface area contributed by atoms with Crippen molar-refractivity contribution in [2.75, 3.05) is 26.8 Å². The van der Waals surface area contributed by atoms with Crippen LogP contribution in [0.4, 0.5) is 9.18 Å². The second-order valence-electron chi connectivity index (χ2n) is 5.04. The van der Waals surface area contributed by atoms with E-state index in [0.717, 1.165) is 31.4 Å². The minimum atomic E-state index is -0.227. The highest BCUT2D eigenvalue weighted by molar-refractivity contribution is 5.74. The van der Waals surface area contributed by atoms with Crippen LogP contribution in [-0.2, 0) is 11.2 Å². The third kappa shape index (κ3) is 3.93. The number of rotatable bonds is 5. The summed E-state index contributed by atoms with van der Waals surface area (Å²) in [6, 6.07) is 6.67. The molecular weight excluding hydrogens is 259 g/mol. The second-order valence-corrected chi connectivity index (χ2v) is 5.04. The summed E-state index contributed by atoms with van der Waals surface area (Å²) < 4.78 is 17.8. The first-order valence-electron chi connectivity index (χ1n) is 6.98. The summed E-state index contributed by atoms with van der Waals surface area (Å²) in [4.78, 5) is 13.9. The molecule has 0 saturated carbocycles. The van der Waals surface area contributed by atoms with E-state index in [1.807, 2.05) is 4.90 Å². The van der Waals surface area contributed by atoms with Gasteiger partial charge in [0.25, 0.3) is 0 Å². The summed E-state index contributed by atoms with van der Waals surface area (Å²) in [5.74, 6) is -0.227. The van der Waals surface area contributed by atoms with E-state index in [1.165, 1.54) is 12.1 Å². The van der Waals surface area contributed by atoms with Gasteiger partial charge in [-0.05, 0) is 37.0 Å². The lowest BCUT2D eigenvalue weighted by molar-refractivity contribution is 0.176. The van der Waals surface area contributed by atoms with E-state index in [2.05, 4.69) is 5.32 Å². The Balaban J connectivity index is 1.89. The zero-order valence-corrected chi connectivity index (χ0v) is 11.8. The van der Waals surface area contributed by atoms with Crippen LogP contribution in [0.1, 0.15) is 18.4 Å². The molecule has 20 heavy (non-hydrogen) atoms. The Morgan fingerprint density at radius 3 is 2.90 bits per heavy atom. The first-order chi connectivity index (χ1) is 9.70. The van der Waals surface area contributed by atoms with E-state index in [-0.39, 0.29) is 17.9 Å². The van der Waals surface area contributed by atoms with Gasteiger partial charge in [-0.15, -0.1) is 0 Å². The molecule has 1 N–H and O–H groups in total. The minimum absolute atomic E-state index is 0.0355. The monoisotopic (exact) mass is 280 g/mol. The molecular formula is C15H21FN2O2. The van der Waals surface area contributed by atoms with Gasteiger partial charge in [-0.3, -0.25) is 0 Å². The number of nitrogens with zero attached hydrogens (tertiary/aromatic N) is 1. The van der Waals surface area contributed by atoms with Crippen molar-refractivity contribution in [3.05, 3.63) is 35.6 Å². The average Bonchev–Trinajstić information content (AvgIpc) is 2.90. The molecule has 1 saturated heterocycles. The van der Waals surface area contributed by atoms with Gasteiger partial charge in [-0.25, -0.2) is 9.18 Å². The van der Waals surface area contributed by atoms with E-state index < -0.39 is 0 Å². The third-order valence-electron chi connectivity index (χ3n) is 3.60. The van der Waals surface area contributed by atoms with Crippen molar-refractivity contribution in [1.29, 1.82) is 0 Å². The van der Waals surface area contributed by atoms with Gasteiger partial charge in [0.15, 0.2) is 0 Å². The number of amides is 2. The van der Waals surface area contributed by atoms with Crippen LogP contribution in [0.25, 0.3) is 0 Å². The molecule has 0 aromatic heterocycles. The van der Waals surface area contributed by atoms with Crippen molar-refractivity contribution >= 4 is 6.03 Å². The van der Waals surface area contributed by atoms with Crippen LogP contribution in [0.3, 0.4) is 0 Å². The summed E-state index contributed by atoms with van der Waals surface area (Å²) in [6.45, 7) is 1.82. The average molecular weight is 280 g/mol. The predicted octanol–water partition coefficient (Wildman–Crippen LogP) is 2.19. The molecule has 1 aliphatic heterocycles. The van der Waals surface area contributed by atoms with E-state index in [1.54, 1.807) is 19.2 Å². The molecule has 1 atom stereocenters. The number of nitrogens with one attached hydrogen (secondary N) is 1. The number of urea groups is 1. The second kappa shape index (κ2) is 7.24. The van der Waals surface area contributed by atoms with Gasteiger partial charge < -0.3 is 15.0 Å². The lowest BCUT2D eigenvalue weighted by Crippen LogP contribution is -2.44. The molecule has 5 heteroatoms. The molecule has 1 unspecified atom stereocenters. The van der Waals surface area contributed by atoms with Crippen molar-refractivity contribution in [3.63, 3.8) is 0 Å². The summed E-state index contributed by atoms with van der Waals surface area (Å²) in [7, 11) is 1.61. The molecule has 110 valence electrons. The van der Waals surface area contributed by atoms with Crippen molar-refractivity contribution in [3.8, 4) is 0 Å². The number of likely N-dealkylation sites (tertiary alicyclic amines) is 1. The van der Waals surface area contributed by atoms with Crippen LogP contribution >= 0.6 is 0 Å². The summed E-state index contributed by atoms with van der Waals surface area (Å²) in [6.07, 6.45) is 2.79. The van der Waals surface area contributed by atoms with E-state index in [4.69, 9.17) is 4.74 Å². The summed E-state index contributed by atoms with van der Waals surface area (Å²) >= 11 is 0. The summed E-state index contributed by atoms with van der Waals surface area (Å²) in [5.41, 5.74) is 1.06. The lowest BCUT2D eigenvalue weighted by Gasteiger charge is -2.25. The number of benzene rings is 1. The Morgan fingerprint density at radius 2 is 2.20 bits per heavy atom. The number of hydrogen-bond donors (Lipinski definition) is 1. The van der Waals surface area contributed by atoms with E-state index in [9.17, 15) is 9.18 Å². The topological polar surface area (TPSA) is 41.6 Å². The van der Waals surface area contributed by atoms with E-state index >= 15 is 0 Å². The maximum Gasteiger partial charge on any atom is 0.317 e. The smallest absolute Gasteiger partial charge is 0.317 e. The highest BCUT2D eigenvalue weighted by Crippen LogP contribution is 2.21. The standard InChI is InChI=1S/C15H21FN2O2/c1-20-10-8-17-15(19)18-9-2-3-14(18)11-12-4-6-13(16)7-5-12/h4-7,14H,2-3,8-11H2,1H3,(H,17,19). The molecule has 0 spiro atoms. The van der Waals surface area contributed by atoms with Crippen molar-refractivity contribution in [2.24, 2.45) is 0 Å². The Morgan fingerprint density at radius 1 is 1.45 bits per heavy atom. The molecule has 2 amide bonds. The largest absolute Gasteiger partial charge is 0.383 e. The fourth-order valence-electron chi connectivity index (χ4n) is 2.57. The maximum atomic E-state index is 12.9. The van der Waals surface area contributed by atoms with Crippen LogP contribution in [-0.4, -0.2) is 43.8 Å². The van der Waals surface area contributed by atoms with Crippen LogP contribution in [0.15, 0.2) is 24.3 Å². The van der Waals surface area contributed by atoms with Gasteiger partial charge in [0.2, 0.25) is 0 Å². The molecule has 1 aromatic rings. The number of ether oxygens (including phenoxy) is 1. The Bertz CT molecular complexity index is 436. The van der Waals surface area contributed by atoms with Gasteiger partial charge in [-0.2, -0.15) is 0 Å². The molecule has 1 heterocycles. The number of hydrogen-bond acceptors (Lipinski definition) is 2. The summed E-state index contributed by atoms with van der Waals surface area (Å²) in [5, 5.41) is 2.85. The predicted molar refractivity (Wildman–Crippen MR) is 75.1 cm³/mol. The van der Waals surface area contributed by atoms with Crippen molar-refractivity contribution < 1.29 is 13.9 Å². The van der Waals surface area contributed by atoms with Crippen LogP contribution in [0, 0.1) is 5.82 Å². The zero-order chi connectivity index (χ0) is 14.4. The Hall–Kier alpha value is -1.62. The van der Waals surface area contributed by atoms with Gasteiger partial charge in [0, 0.05) is 26.2 Å². The van der Waals surface area contributed by atoms with Gasteiger partial charge in [0.05, 0.1) is 6.61 Å². The highest BCUT2D eigenvalue weighted by atomic mass is 19.1. The SMILES string of the molecule is COCCNC(=O)N1CCCC1Cc1ccc(F)cc1. The molecule has 0 aliphatic carbocycles. The van der Waals surface area contributed by atoms with Crippen molar-refractivity contribution in [1.82, 2.24) is 10.2 Å². The lowest BCUT2D eigenvalue weighted by atomic mass is 10.0. The van der Waals surface area contributed by atoms with Crippen LogP contribution < -0.4 is 5.32 Å². The van der Waals surface area contributed by atoms with Crippen LogP contribution in [0.5, 0.6) is 0 Å². The third-order valence-corrected chi connectivity index (χ3v) is 3.60. The first-order valence-corrected chi connectivity index (χ1v) is 6.98. The van der Waals surface area contributed by atoms with E-state index in [0.29, 0.717) is 13.2 Å². The van der Waals surface area contributed by atoms with Crippen LogP contribution in [0.2, 0.25) is 0 Å². The fraction of sp³-hybridized carbons (Fsp3) is 0.533. The molecule has 1 fully saturated rings. The molecule has 1 aromatic carbocycles. The van der Waals surface area contributed by atoms with Gasteiger partial charge in [-0.1, -0.05) is 12.1 Å². The number of carbonyl (C=O) groups is 1. The molecule has 4 nitrogen and oxygen atoms in total. The molecule has 0 radical (unpaired) electrons. The maximum absolute atomic E-state index is 12.9. The molecule has 1 aliphatic rings. The molecule has 0 bridgehead atoms. The number of methoxy groups -OCH3 is 1. The number of halogens is 1.